The first-order valence-electron chi connectivity index (χ1n) is 4.88. The molecule has 0 saturated carbocycles. The highest BCUT2D eigenvalue weighted by molar-refractivity contribution is 7.98. The molecule has 15 heavy (non-hydrogen) atoms. The van der Waals surface area contributed by atoms with E-state index in [9.17, 15) is 0 Å². The largest absolute Gasteiger partial charge is 0.396 e. The van der Waals surface area contributed by atoms with Crippen LogP contribution < -0.4 is 0 Å². The number of hydrogen-bond donors (Lipinski definition) is 1. The van der Waals surface area contributed by atoms with Crippen molar-refractivity contribution in [1.82, 2.24) is 15.0 Å². The van der Waals surface area contributed by atoms with Crippen LogP contribution in [0, 0.1) is 0 Å². The molecule has 0 unspecified atom stereocenters. The molecule has 0 fully saturated rings. The smallest absolute Gasteiger partial charge is 0.113 e. The third kappa shape index (κ3) is 2.49. The third-order valence-corrected chi connectivity index (χ3v) is 3.09. The average Bonchev–Trinajstić information content (AvgIpc) is 2.68. The number of thioether (sulfide) groups is 1. The molecular weight excluding hydrogens is 210 g/mol. The molecule has 2 rings (SSSR count). The second kappa shape index (κ2) is 5.14. The summed E-state index contributed by atoms with van der Waals surface area (Å²) in [6.45, 7) is 0.255. The minimum Gasteiger partial charge on any atom is -0.396 e. The molecule has 2 aromatic rings. The molecule has 4 nitrogen and oxygen atoms in total. The van der Waals surface area contributed by atoms with Gasteiger partial charge < -0.3 is 5.11 Å². The predicted molar refractivity (Wildman–Crippen MR) is 61.7 cm³/mol. The summed E-state index contributed by atoms with van der Waals surface area (Å²) in [7, 11) is 0. The average molecular weight is 223 g/mol. The van der Waals surface area contributed by atoms with Crippen LogP contribution in [0.15, 0.2) is 24.3 Å². The van der Waals surface area contributed by atoms with E-state index in [0.29, 0.717) is 0 Å². The van der Waals surface area contributed by atoms with Crippen LogP contribution in [0.2, 0.25) is 0 Å². The van der Waals surface area contributed by atoms with Gasteiger partial charge in [-0.3, -0.25) is 0 Å². The highest BCUT2D eigenvalue weighted by Gasteiger charge is 2.01. The van der Waals surface area contributed by atoms with Gasteiger partial charge in [0.2, 0.25) is 0 Å². The first-order chi connectivity index (χ1) is 7.42. The quantitative estimate of drug-likeness (QED) is 0.780. The van der Waals surface area contributed by atoms with Crippen LogP contribution in [0.3, 0.4) is 0 Å². The van der Waals surface area contributed by atoms with E-state index in [1.54, 1.807) is 11.8 Å². The van der Waals surface area contributed by atoms with Gasteiger partial charge in [-0.05, 0) is 24.3 Å². The van der Waals surface area contributed by atoms with Gasteiger partial charge in [-0.1, -0.05) is 17.3 Å². The lowest BCUT2D eigenvalue weighted by Crippen LogP contribution is -1.98. The summed E-state index contributed by atoms with van der Waals surface area (Å²) in [5, 5.41) is 16.8. The molecule has 0 spiro atoms. The van der Waals surface area contributed by atoms with Gasteiger partial charge in [0.05, 0.1) is 11.4 Å². The number of benzene rings is 1. The van der Waals surface area contributed by atoms with Gasteiger partial charge >= 0.3 is 0 Å². The molecule has 0 radical (unpaired) electrons. The molecule has 0 amide bonds. The molecule has 0 saturated heterocycles. The fraction of sp³-hybridized carbons (Fsp3) is 0.400. The lowest BCUT2D eigenvalue weighted by molar-refractivity contribution is 0.296. The molecule has 0 atom stereocenters. The normalized spacial score (nSPS) is 11.0. The van der Waals surface area contributed by atoms with Crippen LogP contribution in [-0.2, 0) is 5.88 Å². The number of hydrogen-bond acceptors (Lipinski definition) is 4. The number of aliphatic hydroxyl groups is 1. The number of para-hydroxylation sites is 1. The Labute approximate surface area is 92.3 Å². The van der Waals surface area contributed by atoms with Crippen molar-refractivity contribution in [1.29, 1.82) is 0 Å². The van der Waals surface area contributed by atoms with Crippen molar-refractivity contribution in [3.63, 3.8) is 0 Å². The van der Waals surface area contributed by atoms with E-state index in [1.165, 1.54) is 0 Å². The molecule has 1 heterocycles. The molecule has 0 bridgehead atoms. The fourth-order valence-electron chi connectivity index (χ4n) is 1.33. The summed E-state index contributed by atoms with van der Waals surface area (Å²) in [5.41, 5.74) is 1.99. The van der Waals surface area contributed by atoms with Crippen molar-refractivity contribution in [3.05, 3.63) is 24.3 Å². The zero-order chi connectivity index (χ0) is 10.5. The highest BCUT2D eigenvalue weighted by Crippen LogP contribution is 2.13. The Morgan fingerprint density at radius 2 is 2.20 bits per heavy atom. The van der Waals surface area contributed by atoms with Gasteiger partial charge in [-0.25, -0.2) is 4.68 Å². The Balaban J connectivity index is 2.02. The van der Waals surface area contributed by atoms with Crippen molar-refractivity contribution in [3.8, 4) is 0 Å². The number of fused-ring (bicyclic) bond motifs is 1. The van der Waals surface area contributed by atoms with Gasteiger partial charge in [0.25, 0.3) is 0 Å². The predicted octanol–water partition coefficient (Wildman–Crippen LogP) is 1.50. The van der Waals surface area contributed by atoms with Crippen LogP contribution in [0.1, 0.15) is 6.42 Å². The third-order valence-electron chi connectivity index (χ3n) is 2.08. The molecule has 0 aliphatic carbocycles. The maximum absolute atomic E-state index is 8.65. The summed E-state index contributed by atoms with van der Waals surface area (Å²) in [4.78, 5) is 0. The van der Waals surface area contributed by atoms with Crippen molar-refractivity contribution in [2.24, 2.45) is 0 Å². The summed E-state index contributed by atoms with van der Waals surface area (Å²) in [6.07, 6.45) is 0.831. The lowest BCUT2D eigenvalue weighted by Gasteiger charge is -2.00. The molecule has 80 valence electrons. The summed E-state index contributed by atoms with van der Waals surface area (Å²) < 4.78 is 1.89. The Hall–Kier alpha value is -1.07. The molecule has 1 aromatic heterocycles. The van der Waals surface area contributed by atoms with Crippen LogP contribution in [-0.4, -0.2) is 32.5 Å². The maximum Gasteiger partial charge on any atom is 0.113 e. The van der Waals surface area contributed by atoms with Gasteiger partial charge in [0.15, 0.2) is 0 Å². The number of rotatable bonds is 5. The topological polar surface area (TPSA) is 50.9 Å². The van der Waals surface area contributed by atoms with E-state index < -0.39 is 0 Å². The van der Waals surface area contributed by atoms with Crippen LogP contribution >= 0.6 is 11.8 Å². The molecule has 5 heteroatoms. The summed E-state index contributed by atoms with van der Waals surface area (Å²) in [6, 6.07) is 7.92. The highest BCUT2D eigenvalue weighted by atomic mass is 32.2. The zero-order valence-electron chi connectivity index (χ0n) is 8.33. The number of aromatic nitrogens is 3. The van der Waals surface area contributed by atoms with Crippen molar-refractivity contribution in [2.45, 2.75) is 12.3 Å². The van der Waals surface area contributed by atoms with Crippen molar-refractivity contribution >= 4 is 22.8 Å². The minimum atomic E-state index is 0.255. The first kappa shape index (κ1) is 10.4. The Bertz CT molecular complexity index is 429. The van der Waals surface area contributed by atoms with Gasteiger partial charge in [0.1, 0.15) is 5.52 Å². The molecule has 1 aromatic carbocycles. The Morgan fingerprint density at radius 1 is 1.33 bits per heavy atom. The van der Waals surface area contributed by atoms with Crippen LogP contribution in [0.5, 0.6) is 0 Å². The van der Waals surface area contributed by atoms with E-state index in [0.717, 1.165) is 29.1 Å². The zero-order valence-corrected chi connectivity index (χ0v) is 9.15. The second-order valence-electron chi connectivity index (χ2n) is 3.19. The summed E-state index contributed by atoms with van der Waals surface area (Å²) >= 11 is 1.75. The Kier molecular flexibility index (Phi) is 3.58. The SMILES string of the molecule is OCCCSCn1nnc2ccccc21. The van der Waals surface area contributed by atoms with E-state index >= 15 is 0 Å². The lowest BCUT2D eigenvalue weighted by atomic mass is 10.3. The molecule has 1 N–H and O–H groups in total. The second-order valence-corrected chi connectivity index (χ2v) is 4.27. The molecular formula is C10H13N3OS. The van der Waals surface area contributed by atoms with Gasteiger partial charge in [-0.2, -0.15) is 0 Å². The monoisotopic (exact) mass is 223 g/mol. The van der Waals surface area contributed by atoms with E-state index in [1.807, 2.05) is 28.9 Å². The van der Waals surface area contributed by atoms with Gasteiger partial charge in [-0.15, -0.1) is 16.9 Å². The van der Waals surface area contributed by atoms with E-state index in [4.69, 9.17) is 5.11 Å². The van der Waals surface area contributed by atoms with Crippen LogP contribution in [0.25, 0.3) is 11.0 Å². The maximum atomic E-state index is 8.65. The molecule has 0 aliphatic rings. The van der Waals surface area contributed by atoms with E-state index in [2.05, 4.69) is 10.3 Å². The van der Waals surface area contributed by atoms with E-state index in [-0.39, 0.29) is 6.61 Å². The number of aliphatic hydroxyl groups excluding tert-OH is 1. The van der Waals surface area contributed by atoms with Crippen molar-refractivity contribution in [2.75, 3.05) is 12.4 Å². The first-order valence-corrected chi connectivity index (χ1v) is 6.04. The standard InChI is InChI=1S/C10H13N3OS/c14-6-3-7-15-8-13-10-5-2-1-4-9(10)11-12-13/h1-2,4-5,14H,3,6-8H2. The Morgan fingerprint density at radius 3 is 3.07 bits per heavy atom. The number of nitrogens with zero attached hydrogens (tertiary/aromatic N) is 3. The van der Waals surface area contributed by atoms with Crippen molar-refractivity contribution < 1.29 is 5.11 Å². The van der Waals surface area contributed by atoms with Gasteiger partial charge in [0, 0.05) is 6.61 Å². The van der Waals surface area contributed by atoms with Crippen LogP contribution in [0.4, 0.5) is 0 Å². The fourth-order valence-corrected chi connectivity index (χ4v) is 2.16. The minimum absolute atomic E-state index is 0.255. The summed E-state index contributed by atoms with van der Waals surface area (Å²) in [5.74, 6) is 1.74. The molecule has 0 aliphatic heterocycles.